The van der Waals surface area contributed by atoms with E-state index in [1.807, 2.05) is 13.8 Å². The van der Waals surface area contributed by atoms with Crippen LogP contribution >= 0.6 is 0 Å². The van der Waals surface area contributed by atoms with Gasteiger partial charge >= 0.3 is 0 Å². The predicted octanol–water partition coefficient (Wildman–Crippen LogP) is 0.912. The van der Waals surface area contributed by atoms with E-state index in [2.05, 4.69) is 5.32 Å². The SMILES string of the molecule is CC(=O)C(NC(=O)COCC1CCCO1)C(C)C. The normalized spacial score (nSPS) is 21.0. The second kappa shape index (κ2) is 7.48. The Balaban J connectivity index is 2.21. The molecular formula is C13H23NO4. The molecule has 104 valence electrons. The Morgan fingerprint density at radius 1 is 1.44 bits per heavy atom. The van der Waals surface area contributed by atoms with Gasteiger partial charge in [0.15, 0.2) is 5.78 Å². The van der Waals surface area contributed by atoms with Crippen LogP contribution in [-0.4, -0.2) is 43.7 Å². The molecule has 1 rings (SSSR count). The highest BCUT2D eigenvalue weighted by molar-refractivity contribution is 5.88. The number of hydrogen-bond donors (Lipinski definition) is 1. The molecule has 1 aliphatic rings. The zero-order valence-electron chi connectivity index (χ0n) is 11.4. The standard InChI is InChI=1S/C13H23NO4/c1-9(2)13(10(3)15)14-12(16)8-17-7-11-5-4-6-18-11/h9,11,13H,4-8H2,1-3H3,(H,14,16). The summed E-state index contributed by atoms with van der Waals surface area (Å²) in [5.41, 5.74) is 0. The Morgan fingerprint density at radius 3 is 2.67 bits per heavy atom. The molecule has 0 aromatic rings. The molecule has 1 heterocycles. The Labute approximate surface area is 108 Å². The van der Waals surface area contributed by atoms with Crippen LogP contribution < -0.4 is 5.32 Å². The lowest BCUT2D eigenvalue weighted by Gasteiger charge is -2.19. The van der Waals surface area contributed by atoms with Crippen molar-refractivity contribution in [2.24, 2.45) is 5.92 Å². The van der Waals surface area contributed by atoms with Gasteiger partial charge in [-0.05, 0) is 25.7 Å². The minimum Gasteiger partial charge on any atom is -0.376 e. The Kier molecular flexibility index (Phi) is 6.29. The number of amides is 1. The van der Waals surface area contributed by atoms with Crippen molar-refractivity contribution < 1.29 is 19.1 Å². The number of hydrogen-bond acceptors (Lipinski definition) is 4. The molecule has 1 amide bonds. The van der Waals surface area contributed by atoms with E-state index >= 15 is 0 Å². The zero-order valence-corrected chi connectivity index (χ0v) is 11.4. The topological polar surface area (TPSA) is 64.6 Å². The summed E-state index contributed by atoms with van der Waals surface area (Å²) in [6.45, 7) is 6.49. The monoisotopic (exact) mass is 257 g/mol. The van der Waals surface area contributed by atoms with Crippen molar-refractivity contribution in [3.63, 3.8) is 0 Å². The molecule has 0 spiro atoms. The quantitative estimate of drug-likeness (QED) is 0.736. The van der Waals surface area contributed by atoms with E-state index in [9.17, 15) is 9.59 Å². The van der Waals surface area contributed by atoms with Crippen molar-refractivity contribution in [2.75, 3.05) is 19.8 Å². The van der Waals surface area contributed by atoms with Gasteiger partial charge in [0.1, 0.15) is 6.61 Å². The van der Waals surface area contributed by atoms with Crippen molar-refractivity contribution in [1.82, 2.24) is 5.32 Å². The van der Waals surface area contributed by atoms with Gasteiger partial charge in [0.05, 0.1) is 18.8 Å². The van der Waals surface area contributed by atoms with Crippen molar-refractivity contribution in [3.8, 4) is 0 Å². The van der Waals surface area contributed by atoms with Crippen molar-refractivity contribution >= 4 is 11.7 Å². The summed E-state index contributed by atoms with van der Waals surface area (Å²) in [6.07, 6.45) is 2.16. The van der Waals surface area contributed by atoms with E-state index in [0.717, 1.165) is 19.4 Å². The third-order valence-electron chi connectivity index (χ3n) is 2.98. The lowest BCUT2D eigenvalue weighted by atomic mass is 10.0. The van der Waals surface area contributed by atoms with Gasteiger partial charge < -0.3 is 14.8 Å². The number of rotatable bonds is 7. The van der Waals surface area contributed by atoms with Crippen LogP contribution in [0.2, 0.25) is 0 Å². The average Bonchev–Trinajstić information content (AvgIpc) is 2.78. The highest BCUT2D eigenvalue weighted by Crippen LogP contribution is 2.11. The third kappa shape index (κ3) is 5.14. The van der Waals surface area contributed by atoms with Gasteiger partial charge in [0.25, 0.3) is 0 Å². The van der Waals surface area contributed by atoms with Gasteiger partial charge in [0.2, 0.25) is 5.91 Å². The molecule has 0 saturated carbocycles. The summed E-state index contributed by atoms with van der Waals surface area (Å²) < 4.78 is 10.7. The first-order valence-corrected chi connectivity index (χ1v) is 6.50. The Hall–Kier alpha value is -0.940. The molecule has 5 nitrogen and oxygen atoms in total. The molecule has 1 N–H and O–H groups in total. The smallest absolute Gasteiger partial charge is 0.246 e. The van der Waals surface area contributed by atoms with Gasteiger partial charge in [-0.2, -0.15) is 0 Å². The van der Waals surface area contributed by atoms with Gasteiger partial charge in [-0.15, -0.1) is 0 Å². The van der Waals surface area contributed by atoms with E-state index in [-0.39, 0.29) is 30.3 Å². The molecule has 0 aromatic heterocycles. The highest BCUT2D eigenvalue weighted by Gasteiger charge is 2.21. The van der Waals surface area contributed by atoms with Crippen LogP contribution in [0.1, 0.15) is 33.6 Å². The van der Waals surface area contributed by atoms with Crippen molar-refractivity contribution in [2.45, 2.75) is 45.8 Å². The molecule has 0 bridgehead atoms. The number of nitrogens with one attached hydrogen (secondary N) is 1. The fraction of sp³-hybridized carbons (Fsp3) is 0.846. The molecule has 0 aromatic carbocycles. The minimum atomic E-state index is -0.427. The molecule has 1 aliphatic heterocycles. The minimum absolute atomic E-state index is 0.0175. The summed E-state index contributed by atoms with van der Waals surface area (Å²) in [4.78, 5) is 22.9. The maximum atomic E-state index is 11.6. The summed E-state index contributed by atoms with van der Waals surface area (Å²) >= 11 is 0. The van der Waals surface area contributed by atoms with E-state index in [4.69, 9.17) is 9.47 Å². The van der Waals surface area contributed by atoms with E-state index < -0.39 is 6.04 Å². The average molecular weight is 257 g/mol. The maximum Gasteiger partial charge on any atom is 0.246 e. The largest absolute Gasteiger partial charge is 0.376 e. The highest BCUT2D eigenvalue weighted by atomic mass is 16.5. The molecule has 2 atom stereocenters. The summed E-state index contributed by atoms with van der Waals surface area (Å²) in [5, 5.41) is 2.69. The van der Waals surface area contributed by atoms with Crippen LogP contribution in [0.4, 0.5) is 0 Å². The molecule has 0 radical (unpaired) electrons. The van der Waals surface area contributed by atoms with E-state index in [0.29, 0.717) is 6.61 Å². The van der Waals surface area contributed by atoms with Gasteiger partial charge in [-0.1, -0.05) is 13.8 Å². The van der Waals surface area contributed by atoms with Crippen LogP contribution in [0, 0.1) is 5.92 Å². The molecule has 0 aliphatic carbocycles. The molecule has 1 fully saturated rings. The Morgan fingerprint density at radius 2 is 2.17 bits per heavy atom. The maximum absolute atomic E-state index is 11.6. The number of ketones is 1. The van der Waals surface area contributed by atoms with Gasteiger partial charge in [-0.3, -0.25) is 9.59 Å². The van der Waals surface area contributed by atoms with E-state index in [1.54, 1.807) is 0 Å². The first-order chi connectivity index (χ1) is 8.50. The van der Waals surface area contributed by atoms with Crippen molar-refractivity contribution in [1.29, 1.82) is 0 Å². The summed E-state index contributed by atoms with van der Waals surface area (Å²) in [7, 11) is 0. The van der Waals surface area contributed by atoms with Gasteiger partial charge in [-0.25, -0.2) is 0 Å². The molecule has 2 unspecified atom stereocenters. The molecule has 1 saturated heterocycles. The second-order valence-electron chi connectivity index (χ2n) is 5.05. The number of ether oxygens (including phenoxy) is 2. The van der Waals surface area contributed by atoms with Crippen molar-refractivity contribution in [3.05, 3.63) is 0 Å². The van der Waals surface area contributed by atoms with Crippen LogP contribution in [0.15, 0.2) is 0 Å². The van der Waals surface area contributed by atoms with Crippen LogP contribution in [-0.2, 0) is 19.1 Å². The number of carbonyl (C=O) groups excluding carboxylic acids is 2. The van der Waals surface area contributed by atoms with Crippen LogP contribution in [0.3, 0.4) is 0 Å². The lowest BCUT2D eigenvalue weighted by Crippen LogP contribution is -2.45. The summed E-state index contributed by atoms with van der Waals surface area (Å²) in [5.74, 6) is -0.191. The Bertz CT molecular complexity index is 285. The summed E-state index contributed by atoms with van der Waals surface area (Å²) in [6, 6.07) is -0.427. The van der Waals surface area contributed by atoms with Gasteiger partial charge in [0, 0.05) is 6.61 Å². The first kappa shape index (κ1) is 15.1. The molecule has 18 heavy (non-hydrogen) atoms. The fourth-order valence-electron chi connectivity index (χ4n) is 2.01. The van der Waals surface area contributed by atoms with Crippen LogP contribution in [0.5, 0.6) is 0 Å². The zero-order chi connectivity index (χ0) is 13.5. The fourth-order valence-corrected chi connectivity index (χ4v) is 2.01. The third-order valence-corrected chi connectivity index (χ3v) is 2.98. The first-order valence-electron chi connectivity index (χ1n) is 6.50. The van der Waals surface area contributed by atoms with Crippen LogP contribution in [0.25, 0.3) is 0 Å². The predicted molar refractivity (Wildman–Crippen MR) is 67.2 cm³/mol. The van der Waals surface area contributed by atoms with E-state index in [1.165, 1.54) is 6.92 Å². The number of Topliss-reactive ketones (excluding diaryl/α,β-unsaturated/α-hetero) is 1. The number of carbonyl (C=O) groups is 2. The molecular weight excluding hydrogens is 234 g/mol. The second-order valence-corrected chi connectivity index (χ2v) is 5.05. The molecule has 5 heteroatoms. The lowest BCUT2D eigenvalue weighted by molar-refractivity contribution is -0.131.